The maximum atomic E-state index is 12.7. The van der Waals surface area contributed by atoms with Crippen LogP contribution in [0.5, 0.6) is 0 Å². The molecule has 1 aliphatic carbocycles. The van der Waals surface area contributed by atoms with Gasteiger partial charge in [-0.25, -0.2) is 9.97 Å². The number of anilines is 1. The monoisotopic (exact) mass is 528 g/mol. The number of nitrogens with one attached hydrogen (secondary N) is 2. The number of ether oxygens (including phenoxy) is 2. The van der Waals surface area contributed by atoms with Gasteiger partial charge in [-0.05, 0) is 45.7 Å². The van der Waals surface area contributed by atoms with E-state index in [9.17, 15) is 4.79 Å². The van der Waals surface area contributed by atoms with Crippen molar-refractivity contribution < 1.29 is 14.3 Å². The highest BCUT2D eigenvalue weighted by Crippen LogP contribution is 2.28. The molecule has 1 saturated carbocycles. The predicted octanol–water partition coefficient (Wildman–Crippen LogP) is 3.66. The number of amidine groups is 1. The van der Waals surface area contributed by atoms with E-state index in [2.05, 4.69) is 20.6 Å². The first-order valence-corrected chi connectivity index (χ1v) is 11.5. The molecule has 1 heterocycles. The Balaban J connectivity index is 0.00000306. The summed E-state index contributed by atoms with van der Waals surface area (Å²) in [4.78, 5) is 26.6. The van der Waals surface area contributed by atoms with Crippen molar-refractivity contribution in [2.45, 2.75) is 64.1 Å². The average molecular weight is 530 g/mol. The fourth-order valence-electron chi connectivity index (χ4n) is 3.85. The highest BCUT2D eigenvalue weighted by molar-refractivity contribution is 5.96. The van der Waals surface area contributed by atoms with Crippen LogP contribution in [0.25, 0.3) is 10.9 Å². The van der Waals surface area contributed by atoms with Crippen LogP contribution in [-0.2, 0) is 9.47 Å². The average Bonchev–Trinajstić information content (AvgIpc) is 2.80. The molecule has 2 atom stereocenters. The molecule has 4 N–H and O–H groups in total. The zero-order chi connectivity index (χ0) is 24.0. The van der Waals surface area contributed by atoms with Crippen LogP contribution < -0.4 is 16.4 Å². The molecule has 196 valence electrons. The van der Waals surface area contributed by atoms with Crippen LogP contribution in [0.1, 0.15) is 55.7 Å². The topological polar surface area (TPSA) is 124 Å². The Morgan fingerprint density at radius 3 is 2.60 bits per heavy atom. The number of aryl methyl sites for hydroxylation is 1. The van der Waals surface area contributed by atoms with E-state index >= 15 is 0 Å². The third-order valence-electron chi connectivity index (χ3n) is 6.13. The number of rotatable bonds is 9. The SMILES string of the molecule is COCCNC(=O)c1nc(N[C@H]2CCCC[C@H]2N=C(N)C(C)(C)OC)c2cc(C)ccc2n1.Cl.Cl. The number of benzene rings is 1. The Bertz CT molecular complexity index is 1020. The van der Waals surface area contributed by atoms with Gasteiger partial charge in [-0.2, -0.15) is 0 Å². The largest absolute Gasteiger partial charge is 0.385 e. The lowest BCUT2D eigenvalue weighted by Gasteiger charge is -2.32. The van der Waals surface area contributed by atoms with Crippen LogP contribution in [0.4, 0.5) is 5.82 Å². The van der Waals surface area contributed by atoms with E-state index in [1.54, 1.807) is 14.2 Å². The molecule has 9 nitrogen and oxygen atoms in total. The second kappa shape index (κ2) is 13.8. The summed E-state index contributed by atoms with van der Waals surface area (Å²) in [6, 6.07) is 5.95. The lowest BCUT2D eigenvalue weighted by atomic mass is 9.90. The van der Waals surface area contributed by atoms with Gasteiger partial charge in [-0.1, -0.05) is 24.5 Å². The summed E-state index contributed by atoms with van der Waals surface area (Å²) in [5.41, 5.74) is 7.47. The van der Waals surface area contributed by atoms with Crippen molar-refractivity contribution in [3.63, 3.8) is 0 Å². The van der Waals surface area contributed by atoms with Gasteiger partial charge >= 0.3 is 0 Å². The minimum absolute atomic E-state index is 0. The van der Waals surface area contributed by atoms with Crippen molar-refractivity contribution in [2.75, 3.05) is 32.7 Å². The molecule has 1 aromatic carbocycles. The lowest BCUT2D eigenvalue weighted by molar-refractivity contribution is 0.0810. The lowest BCUT2D eigenvalue weighted by Crippen LogP contribution is -2.44. The number of fused-ring (bicyclic) bond motifs is 1. The standard InChI is InChI=1S/C24H36N6O3.2ClH/c1-15-10-11-17-16(14-15)20(30-21(27-17)22(31)26-12-13-32-4)28-18-8-6-7-9-19(18)29-23(25)24(2,3)33-5;;/h10-11,14,18-19H,6-9,12-13H2,1-5H3,(H2,25,29)(H,26,31)(H,27,28,30);2*1H/t18-,19+;;/m0../s1. The number of halogens is 2. The molecule has 1 fully saturated rings. The third-order valence-corrected chi connectivity index (χ3v) is 6.13. The van der Waals surface area contributed by atoms with E-state index in [0.29, 0.717) is 30.3 Å². The molecule has 2 aromatic rings. The van der Waals surface area contributed by atoms with E-state index in [0.717, 1.165) is 36.6 Å². The molecule has 0 spiro atoms. The summed E-state index contributed by atoms with van der Waals surface area (Å²) in [5, 5.41) is 7.25. The van der Waals surface area contributed by atoms with Crippen LogP contribution in [0, 0.1) is 6.92 Å². The van der Waals surface area contributed by atoms with Crippen molar-refractivity contribution in [1.82, 2.24) is 15.3 Å². The molecule has 1 amide bonds. The Morgan fingerprint density at radius 1 is 1.20 bits per heavy atom. The summed E-state index contributed by atoms with van der Waals surface area (Å²) >= 11 is 0. The molecule has 35 heavy (non-hydrogen) atoms. The van der Waals surface area contributed by atoms with Gasteiger partial charge in [0.15, 0.2) is 0 Å². The second-order valence-electron chi connectivity index (χ2n) is 9.00. The number of aliphatic imine (C=N–C) groups is 1. The first-order valence-electron chi connectivity index (χ1n) is 11.5. The van der Waals surface area contributed by atoms with Crippen molar-refractivity contribution >= 4 is 53.3 Å². The number of carbonyl (C=O) groups is 1. The molecule has 0 aliphatic heterocycles. The smallest absolute Gasteiger partial charge is 0.289 e. The van der Waals surface area contributed by atoms with Crippen molar-refractivity contribution in [1.29, 1.82) is 0 Å². The van der Waals surface area contributed by atoms with E-state index in [-0.39, 0.29) is 48.6 Å². The van der Waals surface area contributed by atoms with Crippen molar-refractivity contribution in [2.24, 2.45) is 10.7 Å². The number of amides is 1. The number of nitrogens with zero attached hydrogens (tertiary/aromatic N) is 3. The predicted molar refractivity (Wildman–Crippen MR) is 145 cm³/mol. The molecular weight excluding hydrogens is 491 g/mol. The Morgan fingerprint density at radius 2 is 1.91 bits per heavy atom. The van der Waals surface area contributed by atoms with Gasteiger partial charge in [0.1, 0.15) is 17.3 Å². The van der Waals surface area contributed by atoms with E-state index in [1.807, 2.05) is 39.0 Å². The van der Waals surface area contributed by atoms with Gasteiger partial charge in [0, 0.05) is 32.2 Å². The molecule has 3 rings (SSSR count). The number of aromatic nitrogens is 2. The Kier molecular flexibility index (Phi) is 12.1. The maximum absolute atomic E-state index is 12.7. The van der Waals surface area contributed by atoms with Crippen LogP contribution >= 0.6 is 24.8 Å². The summed E-state index contributed by atoms with van der Waals surface area (Å²) < 4.78 is 10.5. The van der Waals surface area contributed by atoms with Crippen LogP contribution in [0.3, 0.4) is 0 Å². The first kappa shape index (κ1) is 30.8. The number of methoxy groups -OCH3 is 2. The first-order chi connectivity index (χ1) is 15.7. The minimum atomic E-state index is -0.631. The molecule has 1 aliphatic rings. The van der Waals surface area contributed by atoms with Crippen LogP contribution in [0.2, 0.25) is 0 Å². The molecular formula is C24H38Cl2N6O3. The molecule has 0 unspecified atom stereocenters. The van der Waals surface area contributed by atoms with Gasteiger partial charge < -0.3 is 25.8 Å². The normalized spacial score (nSPS) is 18.4. The molecule has 1 aromatic heterocycles. The summed E-state index contributed by atoms with van der Waals surface area (Å²) in [6.07, 6.45) is 4.03. The number of hydrogen-bond acceptors (Lipinski definition) is 7. The summed E-state index contributed by atoms with van der Waals surface area (Å²) in [6.45, 7) is 6.65. The van der Waals surface area contributed by atoms with Crippen molar-refractivity contribution in [3.8, 4) is 0 Å². The molecule has 11 heteroatoms. The highest BCUT2D eigenvalue weighted by atomic mass is 35.5. The highest BCUT2D eigenvalue weighted by Gasteiger charge is 2.29. The third kappa shape index (κ3) is 7.90. The molecule has 0 bridgehead atoms. The van der Waals surface area contributed by atoms with Crippen molar-refractivity contribution in [3.05, 3.63) is 29.6 Å². The number of hydrogen-bond donors (Lipinski definition) is 3. The zero-order valence-electron chi connectivity index (χ0n) is 21.1. The van der Waals surface area contributed by atoms with E-state index in [4.69, 9.17) is 20.2 Å². The maximum Gasteiger partial charge on any atom is 0.289 e. The zero-order valence-corrected chi connectivity index (χ0v) is 22.7. The van der Waals surface area contributed by atoms with Crippen LogP contribution in [0.15, 0.2) is 23.2 Å². The van der Waals surface area contributed by atoms with Gasteiger partial charge in [0.25, 0.3) is 5.91 Å². The molecule has 0 saturated heterocycles. The Labute approximate surface area is 219 Å². The van der Waals surface area contributed by atoms with Gasteiger partial charge in [-0.15, -0.1) is 24.8 Å². The van der Waals surface area contributed by atoms with Crippen LogP contribution in [-0.4, -0.2) is 66.8 Å². The fraction of sp³-hybridized carbons (Fsp3) is 0.583. The summed E-state index contributed by atoms with van der Waals surface area (Å²) in [7, 11) is 3.22. The summed E-state index contributed by atoms with van der Waals surface area (Å²) in [5.74, 6) is 0.908. The quantitative estimate of drug-likeness (QED) is 0.257. The molecule has 0 radical (unpaired) electrons. The van der Waals surface area contributed by atoms with Gasteiger partial charge in [0.2, 0.25) is 5.82 Å². The minimum Gasteiger partial charge on any atom is -0.385 e. The van der Waals surface area contributed by atoms with E-state index < -0.39 is 5.60 Å². The van der Waals surface area contributed by atoms with E-state index in [1.165, 1.54) is 0 Å². The number of carbonyl (C=O) groups excluding carboxylic acids is 1. The Hall–Kier alpha value is -2.20. The van der Waals surface area contributed by atoms with Gasteiger partial charge in [-0.3, -0.25) is 9.79 Å². The van der Waals surface area contributed by atoms with Gasteiger partial charge in [0.05, 0.1) is 18.2 Å². The fourth-order valence-corrected chi connectivity index (χ4v) is 3.85. The second-order valence-corrected chi connectivity index (χ2v) is 9.00. The number of nitrogens with two attached hydrogens (primary N) is 1.